The Morgan fingerprint density at radius 2 is 1.84 bits per heavy atom. The minimum Gasteiger partial charge on any atom is -0.383 e. The maximum atomic E-state index is 12.8. The summed E-state index contributed by atoms with van der Waals surface area (Å²) in [5.41, 5.74) is 8.68. The van der Waals surface area contributed by atoms with Gasteiger partial charge in [0.15, 0.2) is 5.65 Å². The van der Waals surface area contributed by atoms with E-state index in [0.29, 0.717) is 46.3 Å². The number of halogens is 2. The van der Waals surface area contributed by atoms with Gasteiger partial charge in [0.1, 0.15) is 16.3 Å². The van der Waals surface area contributed by atoms with Gasteiger partial charge in [-0.25, -0.2) is 13.4 Å². The Balaban J connectivity index is 1.33. The number of nitrogens with one attached hydrogen (secondary N) is 3. The number of nitrogens with two attached hydrogens (primary N) is 1. The second kappa shape index (κ2) is 10.8. The summed E-state index contributed by atoms with van der Waals surface area (Å²) in [6, 6.07) is 11.0. The summed E-state index contributed by atoms with van der Waals surface area (Å²) in [6.07, 6.45) is 5.08. The third-order valence-corrected chi connectivity index (χ3v) is 8.83. The number of benzene rings is 2. The SMILES string of the molecule is Nc1c(-c2ccc(NS(=O)(=O)c3cccc(Cl)c3Cl)cc2)cnc2c(C(=O)NCC3CCNCC3)cnn12. The Bertz CT molecular complexity index is 1600. The molecule has 1 aliphatic heterocycles. The van der Waals surface area contributed by atoms with E-state index < -0.39 is 10.0 Å². The third-order valence-electron chi connectivity index (χ3n) is 6.47. The highest BCUT2D eigenvalue weighted by Crippen LogP contribution is 2.31. The minimum absolute atomic E-state index is 0.0519. The van der Waals surface area contributed by atoms with Crippen molar-refractivity contribution < 1.29 is 13.2 Å². The lowest BCUT2D eigenvalue weighted by molar-refractivity contribution is 0.0945. The molecule has 1 amide bonds. The van der Waals surface area contributed by atoms with Crippen LogP contribution in [0.1, 0.15) is 23.2 Å². The molecule has 13 heteroatoms. The number of nitrogen functional groups attached to an aromatic ring is 1. The Hall–Kier alpha value is -3.38. The molecule has 1 saturated heterocycles. The van der Waals surface area contributed by atoms with Crippen molar-refractivity contribution in [3.63, 3.8) is 0 Å². The molecule has 2 aromatic carbocycles. The topological polar surface area (TPSA) is 144 Å². The number of fused-ring (bicyclic) bond motifs is 1. The zero-order valence-corrected chi connectivity index (χ0v) is 22.4. The molecule has 198 valence electrons. The van der Waals surface area contributed by atoms with Crippen LogP contribution in [0.2, 0.25) is 10.0 Å². The van der Waals surface area contributed by atoms with Gasteiger partial charge in [0.05, 0.1) is 16.2 Å². The summed E-state index contributed by atoms with van der Waals surface area (Å²) >= 11 is 12.0. The molecule has 4 aromatic rings. The summed E-state index contributed by atoms with van der Waals surface area (Å²) < 4.78 is 29.5. The summed E-state index contributed by atoms with van der Waals surface area (Å²) in [5.74, 6) is 0.502. The molecule has 0 saturated carbocycles. The number of nitrogens with zero attached hydrogens (tertiary/aromatic N) is 3. The molecule has 0 unspecified atom stereocenters. The van der Waals surface area contributed by atoms with Crippen LogP contribution in [0.15, 0.2) is 59.8 Å². The summed E-state index contributed by atoms with van der Waals surface area (Å²) in [4.78, 5) is 17.1. The number of sulfonamides is 1. The van der Waals surface area contributed by atoms with E-state index in [2.05, 4.69) is 25.4 Å². The zero-order chi connectivity index (χ0) is 26.9. The van der Waals surface area contributed by atoms with Crippen LogP contribution in [0.4, 0.5) is 11.5 Å². The van der Waals surface area contributed by atoms with Crippen LogP contribution in [-0.4, -0.2) is 48.6 Å². The van der Waals surface area contributed by atoms with Gasteiger partial charge >= 0.3 is 0 Å². The average molecular weight is 574 g/mol. The van der Waals surface area contributed by atoms with Gasteiger partial charge in [0.25, 0.3) is 15.9 Å². The van der Waals surface area contributed by atoms with Crippen molar-refractivity contribution in [1.29, 1.82) is 0 Å². The monoisotopic (exact) mass is 573 g/mol. The number of carbonyl (C=O) groups excluding carboxylic acids is 1. The van der Waals surface area contributed by atoms with Crippen molar-refractivity contribution in [2.75, 3.05) is 30.1 Å². The standard InChI is InChI=1S/C25H25Cl2N7O3S/c26-20-2-1-3-21(22(20)27)38(36,37)33-17-6-4-16(5-7-17)18-13-30-24-19(14-32-34(24)23(18)28)25(35)31-12-15-8-10-29-11-9-15/h1-7,13-15,29,33H,8-12,28H2,(H,31,35). The molecule has 10 nitrogen and oxygen atoms in total. The first-order valence-electron chi connectivity index (χ1n) is 11.9. The normalized spacial score (nSPS) is 14.5. The van der Waals surface area contributed by atoms with E-state index in [0.717, 1.165) is 25.9 Å². The van der Waals surface area contributed by atoms with Crippen molar-refractivity contribution in [3.05, 3.63) is 70.5 Å². The van der Waals surface area contributed by atoms with E-state index >= 15 is 0 Å². The van der Waals surface area contributed by atoms with Crippen LogP contribution in [-0.2, 0) is 10.0 Å². The molecular formula is C25H25Cl2N7O3S. The molecule has 3 heterocycles. The van der Waals surface area contributed by atoms with E-state index in [-0.39, 0.29) is 20.8 Å². The second-order valence-corrected chi connectivity index (χ2v) is 11.4. The maximum absolute atomic E-state index is 12.8. The fourth-order valence-electron chi connectivity index (χ4n) is 4.37. The lowest BCUT2D eigenvalue weighted by Gasteiger charge is -2.22. The van der Waals surface area contributed by atoms with Gasteiger partial charge in [0, 0.05) is 24.0 Å². The smallest absolute Gasteiger partial charge is 0.263 e. The van der Waals surface area contributed by atoms with Crippen LogP contribution in [0.3, 0.4) is 0 Å². The molecule has 38 heavy (non-hydrogen) atoms. The zero-order valence-electron chi connectivity index (χ0n) is 20.1. The van der Waals surface area contributed by atoms with Gasteiger partial charge < -0.3 is 16.4 Å². The maximum Gasteiger partial charge on any atom is 0.263 e. The number of aromatic nitrogens is 3. The Morgan fingerprint density at radius 3 is 2.58 bits per heavy atom. The van der Waals surface area contributed by atoms with Crippen LogP contribution >= 0.6 is 23.2 Å². The summed E-state index contributed by atoms with van der Waals surface area (Å²) in [7, 11) is -3.96. The fourth-order valence-corrected chi connectivity index (χ4v) is 6.19. The van der Waals surface area contributed by atoms with E-state index in [1.54, 1.807) is 30.5 Å². The molecule has 0 bridgehead atoms. The molecular weight excluding hydrogens is 549 g/mol. The highest BCUT2D eigenvalue weighted by Gasteiger charge is 2.21. The van der Waals surface area contributed by atoms with Gasteiger partial charge in [0.2, 0.25) is 0 Å². The molecule has 0 radical (unpaired) electrons. The van der Waals surface area contributed by atoms with Crippen molar-refractivity contribution in [2.45, 2.75) is 17.7 Å². The first-order chi connectivity index (χ1) is 18.2. The number of anilines is 2. The lowest BCUT2D eigenvalue weighted by atomic mass is 9.98. The number of rotatable bonds is 7. The molecule has 0 atom stereocenters. The molecule has 0 aliphatic carbocycles. The first-order valence-corrected chi connectivity index (χ1v) is 14.2. The molecule has 5 rings (SSSR count). The van der Waals surface area contributed by atoms with Gasteiger partial charge in [-0.3, -0.25) is 9.52 Å². The number of piperidine rings is 1. The quantitative estimate of drug-likeness (QED) is 0.263. The lowest BCUT2D eigenvalue weighted by Crippen LogP contribution is -2.36. The van der Waals surface area contributed by atoms with E-state index in [9.17, 15) is 13.2 Å². The van der Waals surface area contributed by atoms with Gasteiger partial charge in [-0.1, -0.05) is 41.4 Å². The molecule has 5 N–H and O–H groups in total. The predicted molar refractivity (Wildman–Crippen MR) is 148 cm³/mol. The third kappa shape index (κ3) is 5.28. The van der Waals surface area contributed by atoms with Crippen molar-refractivity contribution >= 4 is 56.3 Å². The minimum atomic E-state index is -3.96. The molecule has 0 spiro atoms. The van der Waals surface area contributed by atoms with Crippen molar-refractivity contribution in [1.82, 2.24) is 25.2 Å². The van der Waals surface area contributed by atoms with Gasteiger partial charge in [-0.15, -0.1) is 0 Å². The number of hydrogen-bond acceptors (Lipinski definition) is 7. The average Bonchev–Trinajstić information content (AvgIpc) is 3.35. The highest BCUT2D eigenvalue weighted by atomic mass is 35.5. The first kappa shape index (κ1) is 26.2. The number of amides is 1. The molecule has 1 aliphatic rings. The predicted octanol–water partition coefficient (Wildman–Crippen LogP) is 3.82. The Labute approximate surface area is 229 Å². The van der Waals surface area contributed by atoms with E-state index in [1.807, 2.05) is 0 Å². The Morgan fingerprint density at radius 1 is 1.11 bits per heavy atom. The van der Waals surface area contributed by atoms with Crippen LogP contribution in [0, 0.1) is 5.92 Å². The highest BCUT2D eigenvalue weighted by molar-refractivity contribution is 7.92. The van der Waals surface area contributed by atoms with Crippen molar-refractivity contribution in [2.24, 2.45) is 5.92 Å². The van der Waals surface area contributed by atoms with E-state index in [4.69, 9.17) is 28.9 Å². The molecule has 1 fully saturated rings. The summed E-state index contributed by atoms with van der Waals surface area (Å²) in [5, 5.41) is 10.7. The number of hydrogen-bond donors (Lipinski definition) is 4. The molecule has 2 aromatic heterocycles. The van der Waals surface area contributed by atoms with Crippen LogP contribution < -0.4 is 21.1 Å². The van der Waals surface area contributed by atoms with Gasteiger partial charge in [-0.05, 0) is 61.7 Å². The van der Waals surface area contributed by atoms with Crippen molar-refractivity contribution in [3.8, 4) is 11.1 Å². The van der Waals surface area contributed by atoms with E-state index in [1.165, 1.54) is 28.9 Å². The fraction of sp³-hybridized carbons (Fsp3) is 0.240. The van der Waals surface area contributed by atoms with Crippen LogP contribution in [0.25, 0.3) is 16.8 Å². The Kier molecular flexibility index (Phi) is 7.44. The second-order valence-electron chi connectivity index (χ2n) is 8.99. The summed E-state index contributed by atoms with van der Waals surface area (Å²) in [6.45, 7) is 2.52. The van der Waals surface area contributed by atoms with Gasteiger partial charge in [-0.2, -0.15) is 9.61 Å². The largest absolute Gasteiger partial charge is 0.383 e. The number of carbonyl (C=O) groups is 1. The van der Waals surface area contributed by atoms with Crippen LogP contribution in [0.5, 0.6) is 0 Å².